The fraction of sp³-hybridized carbons (Fsp3) is 0.650. The quantitative estimate of drug-likeness (QED) is 0.278. The van der Waals surface area contributed by atoms with Crippen LogP contribution in [0.3, 0.4) is 0 Å². The Kier molecular flexibility index (Phi) is 11.1. The predicted octanol–water partition coefficient (Wildman–Crippen LogP) is 4.27. The maximum atomic E-state index is 6.07. The Bertz CT molecular complexity index is 489. The van der Waals surface area contributed by atoms with Crippen LogP contribution < -0.4 is 11.1 Å². The second-order valence-electron chi connectivity index (χ2n) is 6.81. The van der Waals surface area contributed by atoms with Crippen LogP contribution in [0.4, 0.5) is 0 Å². The van der Waals surface area contributed by atoms with Gasteiger partial charge < -0.3 is 11.1 Å². The minimum Gasteiger partial charge on any atom is -0.370 e. The van der Waals surface area contributed by atoms with E-state index in [1.807, 2.05) is 0 Å². The van der Waals surface area contributed by atoms with Crippen LogP contribution in [0, 0.1) is 0 Å². The number of guanidine groups is 1. The van der Waals surface area contributed by atoms with E-state index in [0.717, 1.165) is 19.6 Å². The normalized spacial score (nSPS) is 16.4. The third kappa shape index (κ3) is 8.40. The monoisotopic (exact) mass is 458 g/mol. The van der Waals surface area contributed by atoms with Gasteiger partial charge in [-0.1, -0.05) is 63.8 Å². The second kappa shape index (κ2) is 12.5. The molecular weight excluding hydrogens is 423 g/mol. The summed E-state index contributed by atoms with van der Waals surface area (Å²) in [7, 11) is 0. The average Bonchev–Trinajstić information content (AvgIpc) is 2.87. The van der Waals surface area contributed by atoms with Crippen molar-refractivity contribution in [2.45, 2.75) is 71.5 Å². The van der Waals surface area contributed by atoms with Crippen LogP contribution in [0.1, 0.15) is 63.5 Å². The van der Waals surface area contributed by atoms with Gasteiger partial charge in [0.25, 0.3) is 0 Å². The zero-order valence-electron chi connectivity index (χ0n) is 15.8. The molecule has 0 spiro atoms. The van der Waals surface area contributed by atoms with Crippen LogP contribution in [0.25, 0.3) is 0 Å². The lowest BCUT2D eigenvalue weighted by atomic mass is 10.1. The molecule has 142 valence electrons. The first-order valence-electron chi connectivity index (χ1n) is 9.58. The van der Waals surface area contributed by atoms with E-state index in [1.165, 1.54) is 49.7 Å². The first-order chi connectivity index (χ1) is 11.7. The highest BCUT2D eigenvalue weighted by atomic mass is 127. The van der Waals surface area contributed by atoms with E-state index < -0.39 is 0 Å². The van der Waals surface area contributed by atoms with Crippen molar-refractivity contribution in [3.63, 3.8) is 0 Å². The van der Waals surface area contributed by atoms with Crippen LogP contribution >= 0.6 is 24.0 Å². The van der Waals surface area contributed by atoms with Gasteiger partial charge in [-0.15, -0.1) is 24.0 Å². The van der Waals surface area contributed by atoms with Gasteiger partial charge in [0.15, 0.2) is 5.96 Å². The van der Waals surface area contributed by atoms with Crippen LogP contribution in [-0.2, 0) is 13.1 Å². The van der Waals surface area contributed by atoms with E-state index in [0.29, 0.717) is 18.5 Å². The van der Waals surface area contributed by atoms with Gasteiger partial charge in [0, 0.05) is 12.6 Å². The molecule has 5 heteroatoms. The highest BCUT2D eigenvalue weighted by Gasteiger charge is 2.12. The van der Waals surface area contributed by atoms with Gasteiger partial charge in [0.1, 0.15) is 0 Å². The van der Waals surface area contributed by atoms with Gasteiger partial charge in [-0.2, -0.15) is 0 Å². The molecule has 2 rings (SSSR count). The van der Waals surface area contributed by atoms with Crippen molar-refractivity contribution in [2.75, 3.05) is 13.1 Å². The molecule has 0 atom stereocenters. The van der Waals surface area contributed by atoms with E-state index in [2.05, 4.69) is 53.3 Å². The summed E-state index contributed by atoms with van der Waals surface area (Å²) in [5.41, 5.74) is 8.64. The lowest BCUT2D eigenvalue weighted by Crippen LogP contribution is -2.39. The molecule has 1 aromatic rings. The molecule has 0 saturated heterocycles. The Morgan fingerprint density at radius 1 is 1.04 bits per heavy atom. The number of rotatable bonds is 7. The summed E-state index contributed by atoms with van der Waals surface area (Å²) in [6, 6.07) is 9.26. The lowest BCUT2D eigenvalue weighted by molar-refractivity contribution is 0.296. The van der Waals surface area contributed by atoms with Crippen molar-refractivity contribution in [3.05, 3.63) is 35.4 Å². The molecule has 1 aromatic carbocycles. The lowest BCUT2D eigenvalue weighted by Gasteiger charge is -2.18. The first kappa shape index (κ1) is 22.2. The zero-order chi connectivity index (χ0) is 17.2. The molecule has 25 heavy (non-hydrogen) atoms. The van der Waals surface area contributed by atoms with Gasteiger partial charge in [0.2, 0.25) is 0 Å². The molecule has 0 aromatic heterocycles. The molecule has 0 unspecified atom stereocenters. The summed E-state index contributed by atoms with van der Waals surface area (Å²) in [6.07, 6.45) is 7.76. The summed E-state index contributed by atoms with van der Waals surface area (Å²) in [4.78, 5) is 6.93. The summed E-state index contributed by atoms with van der Waals surface area (Å²) in [5, 5.41) is 3.40. The molecule has 1 fully saturated rings. The standard InChI is InChI=1S/C20H34N4.HI/c1-3-24(4-2)16-18-13-11-17(12-14-18)15-22-20(21)23-19-9-7-5-6-8-10-19;/h11-14,19H,3-10,15-16H2,1-2H3,(H3,21,22,23);1H. The largest absolute Gasteiger partial charge is 0.370 e. The molecule has 0 heterocycles. The molecule has 0 radical (unpaired) electrons. The van der Waals surface area contributed by atoms with Crippen LogP contribution in [0.5, 0.6) is 0 Å². The SMILES string of the molecule is CCN(CC)Cc1ccc(CN=C(N)NC2CCCCCC2)cc1.I. The third-order valence-electron chi connectivity index (χ3n) is 4.96. The third-order valence-corrected chi connectivity index (χ3v) is 4.96. The topological polar surface area (TPSA) is 53.6 Å². The Balaban J connectivity index is 0.00000312. The maximum absolute atomic E-state index is 6.07. The number of nitrogens with two attached hydrogens (primary N) is 1. The number of hydrogen-bond acceptors (Lipinski definition) is 2. The highest BCUT2D eigenvalue weighted by Crippen LogP contribution is 2.17. The van der Waals surface area contributed by atoms with Gasteiger partial charge in [-0.05, 0) is 37.1 Å². The zero-order valence-corrected chi connectivity index (χ0v) is 18.2. The number of benzene rings is 1. The molecule has 1 saturated carbocycles. The van der Waals surface area contributed by atoms with E-state index in [-0.39, 0.29) is 24.0 Å². The Morgan fingerprint density at radius 2 is 1.60 bits per heavy atom. The van der Waals surface area contributed by atoms with E-state index in [1.54, 1.807) is 0 Å². The van der Waals surface area contributed by atoms with E-state index in [9.17, 15) is 0 Å². The Morgan fingerprint density at radius 3 is 2.16 bits per heavy atom. The fourth-order valence-electron chi connectivity index (χ4n) is 3.31. The van der Waals surface area contributed by atoms with Gasteiger partial charge in [-0.3, -0.25) is 4.90 Å². The van der Waals surface area contributed by atoms with Gasteiger partial charge in [0.05, 0.1) is 6.54 Å². The number of aliphatic imine (C=N–C) groups is 1. The Hall–Kier alpha value is -0.820. The second-order valence-corrected chi connectivity index (χ2v) is 6.81. The fourth-order valence-corrected chi connectivity index (χ4v) is 3.31. The highest BCUT2D eigenvalue weighted by molar-refractivity contribution is 14.0. The number of nitrogens with one attached hydrogen (secondary N) is 1. The number of nitrogens with zero attached hydrogens (tertiary/aromatic N) is 2. The molecule has 0 bridgehead atoms. The molecule has 4 nitrogen and oxygen atoms in total. The van der Waals surface area contributed by atoms with Crippen molar-refractivity contribution >= 4 is 29.9 Å². The van der Waals surface area contributed by atoms with E-state index in [4.69, 9.17) is 5.73 Å². The summed E-state index contributed by atoms with van der Waals surface area (Å²) < 4.78 is 0. The smallest absolute Gasteiger partial charge is 0.189 e. The maximum Gasteiger partial charge on any atom is 0.189 e. The molecule has 3 N–H and O–H groups in total. The molecule has 0 aliphatic heterocycles. The molecule has 1 aliphatic carbocycles. The average molecular weight is 458 g/mol. The number of hydrogen-bond donors (Lipinski definition) is 2. The predicted molar refractivity (Wildman–Crippen MR) is 118 cm³/mol. The van der Waals surface area contributed by atoms with Crippen molar-refractivity contribution < 1.29 is 0 Å². The van der Waals surface area contributed by atoms with Crippen LogP contribution in [0.15, 0.2) is 29.3 Å². The molecular formula is C20H35IN4. The van der Waals surface area contributed by atoms with E-state index >= 15 is 0 Å². The van der Waals surface area contributed by atoms with Crippen molar-refractivity contribution in [1.29, 1.82) is 0 Å². The van der Waals surface area contributed by atoms with Gasteiger partial charge in [-0.25, -0.2) is 4.99 Å². The molecule has 0 amide bonds. The number of halogens is 1. The van der Waals surface area contributed by atoms with Crippen LogP contribution in [0.2, 0.25) is 0 Å². The van der Waals surface area contributed by atoms with Crippen molar-refractivity contribution in [3.8, 4) is 0 Å². The summed E-state index contributed by atoms with van der Waals surface area (Å²) in [5.74, 6) is 0.592. The Labute approximate surface area is 170 Å². The summed E-state index contributed by atoms with van der Waals surface area (Å²) in [6.45, 7) is 8.25. The summed E-state index contributed by atoms with van der Waals surface area (Å²) >= 11 is 0. The van der Waals surface area contributed by atoms with Crippen LogP contribution in [-0.4, -0.2) is 30.0 Å². The molecule has 1 aliphatic rings. The van der Waals surface area contributed by atoms with Gasteiger partial charge >= 0.3 is 0 Å². The minimum absolute atomic E-state index is 0. The minimum atomic E-state index is 0. The first-order valence-corrected chi connectivity index (χ1v) is 9.58. The van der Waals surface area contributed by atoms with Crippen molar-refractivity contribution in [1.82, 2.24) is 10.2 Å². The van der Waals surface area contributed by atoms with Crippen molar-refractivity contribution in [2.24, 2.45) is 10.7 Å².